The summed E-state index contributed by atoms with van der Waals surface area (Å²) in [5.74, 6) is 0.0722. The van der Waals surface area contributed by atoms with Crippen molar-refractivity contribution in [2.75, 3.05) is 11.9 Å². The minimum atomic E-state index is -1.02. The lowest BCUT2D eigenvalue weighted by Crippen LogP contribution is -2.16. The van der Waals surface area contributed by atoms with E-state index in [9.17, 15) is 14.7 Å². The summed E-state index contributed by atoms with van der Waals surface area (Å²) in [7, 11) is 0. The standard InChI is InChI=1S/C19H19N3O5S/c23-16(10-2-1-3-11(10)19(24)25)21-18-14(12-8-26-7-6-13(12)28-18)17-20-15(22-27-17)9-4-5-9/h9H,1-8H2,(H,21,23)(H,24,25). The maximum absolute atomic E-state index is 12.8. The molecule has 2 aromatic rings. The van der Waals surface area contributed by atoms with Gasteiger partial charge in [0.1, 0.15) is 5.00 Å². The number of carboxylic acids is 1. The van der Waals surface area contributed by atoms with Gasteiger partial charge in [0.15, 0.2) is 5.82 Å². The van der Waals surface area contributed by atoms with Gasteiger partial charge in [-0.2, -0.15) is 4.98 Å². The molecule has 0 atom stereocenters. The second kappa shape index (κ2) is 6.82. The van der Waals surface area contributed by atoms with Crippen molar-refractivity contribution in [3.8, 4) is 11.5 Å². The van der Waals surface area contributed by atoms with Gasteiger partial charge < -0.3 is 19.7 Å². The largest absolute Gasteiger partial charge is 0.478 e. The van der Waals surface area contributed by atoms with Crippen LogP contribution in [0.1, 0.15) is 54.3 Å². The van der Waals surface area contributed by atoms with E-state index in [0.717, 1.165) is 29.7 Å². The third-order valence-corrected chi connectivity index (χ3v) is 6.59. The van der Waals surface area contributed by atoms with Crippen LogP contribution >= 0.6 is 11.3 Å². The number of nitrogens with zero attached hydrogens (tertiary/aromatic N) is 2. The quantitative estimate of drug-likeness (QED) is 0.790. The number of carbonyl (C=O) groups excluding carboxylic acids is 1. The minimum absolute atomic E-state index is 0.206. The third-order valence-electron chi connectivity index (χ3n) is 5.39. The van der Waals surface area contributed by atoms with E-state index in [1.807, 2.05) is 0 Å². The number of fused-ring (bicyclic) bond motifs is 1. The highest BCUT2D eigenvalue weighted by Gasteiger charge is 2.33. The lowest BCUT2D eigenvalue weighted by molar-refractivity contribution is -0.133. The number of amides is 1. The Hall–Kier alpha value is -2.52. The minimum Gasteiger partial charge on any atom is -0.478 e. The Bertz CT molecular complexity index is 1000. The number of hydrogen-bond donors (Lipinski definition) is 2. The van der Waals surface area contributed by atoms with Crippen LogP contribution in [0, 0.1) is 0 Å². The summed E-state index contributed by atoms with van der Waals surface area (Å²) in [5.41, 5.74) is 2.24. The second-order valence-electron chi connectivity index (χ2n) is 7.31. The van der Waals surface area contributed by atoms with Crippen LogP contribution < -0.4 is 5.32 Å². The van der Waals surface area contributed by atoms with Gasteiger partial charge in [0.05, 0.1) is 18.8 Å². The SMILES string of the molecule is O=C(O)C1=C(C(=O)Nc2sc3c(c2-c2nc(C4CC4)no2)COCC3)CCC1. The van der Waals surface area contributed by atoms with Gasteiger partial charge in [-0.15, -0.1) is 11.3 Å². The number of ether oxygens (including phenoxy) is 1. The predicted molar refractivity (Wildman–Crippen MR) is 100 cm³/mol. The molecule has 5 rings (SSSR count). The Kier molecular flexibility index (Phi) is 4.28. The first-order chi connectivity index (χ1) is 13.6. The molecule has 8 nitrogen and oxygen atoms in total. The molecule has 2 N–H and O–H groups in total. The van der Waals surface area contributed by atoms with Gasteiger partial charge in [0.2, 0.25) is 0 Å². The number of nitrogens with one attached hydrogen (secondary N) is 1. The molecule has 0 bridgehead atoms. The Labute approximate surface area is 164 Å². The van der Waals surface area contributed by atoms with Gasteiger partial charge in [-0.25, -0.2) is 4.79 Å². The molecule has 3 heterocycles. The molecule has 0 saturated heterocycles. The first-order valence-corrected chi connectivity index (χ1v) is 10.3. The number of carbonyl (C=O) groups is 2. The second-order valence-corrected chi connectivity index (χ2v) is 8.42. The molecule has 146 valence electrons. The summed E-state index contributed by atoms with van der Waals surface area (Å²) in [6, 6.07) is 0. The molecule has 28 heavy (non-hydrogen) atoms. The molecule has 3 aliphatic rings. The Balaban J connectivity index is 1.52. The molecular weight excluding hydrogens is 382 g/mol. The third kappa shape index (κ3) is 3.04. The van der Waals surface area contributed by atoms with Crippen molar-refractivity contribution in [2.24, 2.45) is 0 Å². The van der Waals surface area contributed by atoms with Crippen LogP contribution in [-0.4, -0.2) is 33.7 Å². The molecule has 2 aliphatic carbocycles. The summed E-state index contributed by atoms with van der Waals surface area (Å²) >= 11 is 1.48. The van der Waals surface area contributed by atoms with Crippen molar-refractivity contribution < 1.29 is 24.0 Å². The monoisotopic (exact) mass is 401 g/mol. The van der Waals surface area contributed by atoms with Gasteiger partial charge in [-0.1, -0.05) is 5.16 Å². The summed E-state index contributed by atoms with van der Waals surface area (Å²) < 4.78 is 11.1. The number of aliphatic carboxylic acids is 1. The van der Waals surface area contributed by atoms with Crippen LogP contribution in [0.4, 0.5) is 5.00 Å². The fourth-order valence-electron chi connectivity index (χ4n) is 3.77. The van der Waals surface area contributed by atoms with Crippen molar-refractivity contribution >= 4 is 28.2 Å². The van der Waals surface area contributed by atoms with Gasteiger partial charge in [-0.3, -0.25) is 4.79 Å². The molecule has 0 radical (unpaired) electrons. The van der Waals surface area contributed by atoms with Crippen molar-refractivity contribution in [3.63, 3.8) is 0 Å². The number of hydrogen-bond acceptors (Lipinski definition) is 7. The smallest absolute Gasteiger partial charge is 0.332 e. The Morgan fingerprint density at radius 2 is 2.00 bits per heavy atom. The highest BCUT2D eigenvalue weighted by molar-refractivity contribution is 7.17. The Morgan fingerprint density at radius 1 is 1.18 bits per heavy atom. The summed E-state index contributed by atoms with van der Waals surface area (Å²) in [5, 5.41) is 17.0. The number of carboxylic acid groups (broad SMARTS) is 1. The maximum Gasteiger partial charge on any atom is 0.332 e. The van der Waals surface area contributed by atoms with E-state index in [2.05, 4.69) is 15.5 Å². The van der Waals surface area contributed by atoms with Gasteiger partial charge >= 0.3 is 5.97 Å². The van der Waals surface area contributed by atoms with Gasteiger partial charge in [0.25, 0.3) is 11.8 Å². The number of thiophene rings is 1. The van der Waals surface area contributed by atoms with E-state index < -0.39 is 5.97 Å². The first kappa shape index (κ1) is 17.6. The molecular formula is C19H19N3O5S. The highest BCUT2D eigenvalue weighted by atomic mass is 32.1. The number of rotatable bonds is 5. The van der Waals surface area contributed by atoms with E-state index in [-0.39, 0.29) is 11.5 Å². The van der Waals surface area contributed by atoms with Crippen LogP contribution in [0.5, 0.6) is 0 Å². The van der Waals surface area contributed by atoms with Crippen LogP contribution in [0.3, 0.4) is 0 Å². The zero-order valence-corrected chi connectivity index (χ0v) is 15.9. The number of anilines is 1. The van der Waals surface area contributed by atoms with Crippen molar-refractivity contribution in [1.29, 1.82) is 0 Å². The lowest BCUT2D eigenvalue weighted by Gasteiger charge is -2.12. The van der Waals surface area contributed by atoms with Crippen molar-refractivity contribution in [2.45, 2.75) is 51.0 Å². The number of aromatic nitrogens is 2. The molecule has 0 spiro atoms. The van der Waals surface area contributed by atoms with Gasteiger partial charge in [-0.05, 0) is 32.1 Å². The molecule has 1 fully saturated rings. The topological polar surface area (TPSA) is 115 Å². The normalized spacial score (nSPS) is 19.0. The molecule has 0 aromatic carbocycles. The molecule has 1 amide bonds. The van der Waals surface area contributed by atoms with Crippen LogP contribution in [0.2, 0.25) is 0 Å². The Morgan fingerprint density at radius 3 is 2.79 bits per heavy atom. The molecule has 1 aliphatic heterocycles. The predicted octanol–water partition coefficient (Wildman–Crippen LogP) is 3.25. The van der Waals surface area contributed by atoms with E-state index in [1.54, 1.807) is 0 Å². The van der Waals surface area contributed by atoms with Crippen molar-refractivity contribution in [3.05, 3.63) is 27.4 Å². The first-order valence-electron chi connectivity index (χ1n) is 9.44. The van der Waals surface area contributed by atoms with Gasteiger partial charge in [0, 0.05) is 33.9 Å². The van der Waals surface area contributed by atoms with Crippen molar-refractivity contribution in [1.82, 2.24) is 10.1 Å². The maximum atomic E-state index is 12.8. The zero-order chi connectivity index (χ0) is 19.3. The zero-order valence-electron chi connectivity index (χ0n) is 15.1. The fourth-order valence-corrected chi connectivity index (χ4v) is 4.95. The molecule has 2 aromatic heterocycles. The molecule has 9 heteroatoms. The van der Waals surface area contributed by atoms with E-state index in [4.69, 9.17) is 9.26 Å². The highest BCUT2D eigenvalue weighted by Crippen LogP contribution is 2.45. The average Bonchev–Trinajstić information content (AvgIpc) is 3.10. The fraction of sp³-hybridized carbons (Fsp3) is 0.474. The van der Waals surface area contributed by atoms with Crippen LogP contribution in [0.15, 0.2) is 15.7 Å². The van der Waals surface area contributed by atoms with E-state index in [0.29, 0.717) is 66.2 Å². The average molecular weight is 401 g/mol. The van der Waals surface area contributed by atoms with E-state index >= 15 is 0 Å². The summed E-state index contributed by atoms with van der Waals surface area (Å²) in [6.07, 6.45) is 4.48. The van der Waals surface area contributed by atoms with Crippen LogP contribution in [-0.2, 0) is 27.4 Å². The lowest BCUT2D eigenvalue weighted by atomic mass is 10.1. The van der Waals surface area contributed by atoms with Crippen LogP contribution in [0.25, 0.3) is 11.5 Å². The summed E-state index contributed by atoms with van der Waals surface area (Å²) in [4.78, 5) is 29.9. The van der Waals surface area contributed by atoms with E-state index in [1.165, 1.54) is 11.3 Å². The molecule has 0 unspecified atom stereocenters. The summed E-state index contributed by atoms with van der Waals surface area (Å²) in [6.45, 7) is 1.06. The molecule has 1 saturated carbocycles.